The quantitative estimate of drug-likeness (QED) is 0.159. The minimum atomic E-state index is -2.95. The zero-order valence-electron chi connectivity index (χ0n) is 18.4. The monoisotopic (exact) mass is 569 g/mol. The fourth-order valence-corrected chi connectivity index (χ4v) is 3.14. The number of anilines is 1. The number of benzene rings is 1. The van der Waals surface area contributed by atoms with Crippen LogP contribution in [0.15, 0.2) is 36.1 Å². The highest BCUT2D eigenvalue weighted by Gasteiger charge is 2.27. The van der Waals surface area contributed by atoms with Crippen LogP contribution in [0.25, 0.3) is 0 Å². The largest absolute Gasteiger partial charge is 0.494 e. The van der Waals surface area contributed by atoms with Gasteiger partial charge in [-0.1, -0.05) is 19.1 Å². The Morgan fingerprint density at radius 2 is 1.91 bits per heavy atom. The topological polar surface area (TPSA) is 86.5 Å². The van der Waals surface area contributed by atoms with Crippen LogP contribution in [0.3, 0.4) is 0 Å². The van der Waals surface area contributed by atoms with Crippen LogP contribution in [0.5, 0.6) is 0 Å². The molecule has 32 heavy (non-hydrogen) atoms. The van der Waals surface area contributed by atoms with Crippen LogP contribution in [0.1, 0.15) is 32.8 Å². The maximum Gasteiger partial charge on any atom is 0.320 e. The molecule has 0 spiro atoms. The van der Waals surface area contributed by atoms with Crippen molar-refractivity contribution in [3.8, 4) is 0 Å². The lowest BCUT2D eigenvalue weighted by atomic mass is 10.1. The molecule has 7 nitrogen and oxygen atoms in total. The van der Waals surface area contributed by atoms with Gasteiger partial charge >= 0.3 is 6.03 Å². The van der Waals surface area contributed by atoms with Gasteiger partial charge in [0.1, 0.15) is 6.61 Å². The lowest BCUT2D eigenvalue weighted by Crippen LogP contribution is -2.57. The first-order valence-electron chi connectivity index (χ1n) is 10.4. The van der Waals surface area contributed by atoms with Crippen LogP contribution in [0.4, 0.5) is 23.7 Å². The molecule has 2 amide bonds. The van der Waals surface area contributed by atoms with Gasteiger partial charge in [0.2, 0.25) is 0 Å². The van der Waals surface area contributed by atoms with E-state index in [2.05, 4.69) is 26.6 Å². The van der Waals surface area contributed by atoms with Gasteiger partial charge in [-0.25, -0.2) is 18.0 Å². The summed E-state index contributed by atoms with van der Waals surface area (Å²) in [6.07, 6.45) is 1.39. The number of halogens is 4. The molecule has 0 fully saturated rings. The van der Waals surface area contributed by atoms with Gasteiger partial charge in [-0.15, -0.1) is 0 Å². The second-order valence-corrected chi connectivity index (χ2v) is 10.0. The molecule has 0 saturated carbocycles. The van der Waals surface area contributed by atoms with Crippen molar-refractivity contribution in [1.82, 2.24) is 21.3 Å². The maximum atomic E-state index is 13.8. The summed E-state index contributed by atoms with van der Waals surface area (Å²) in [7, 11) is 0. The molecule has 180 valence electrons. The number of urea groups is 1. The number of nitrogens with one attached hydrogen (secondary N) is 5. The van der Waals surface area contributed by atoms with Crippen molar-refractivity contribution in [3.63, 3.8) is 0 Å². The molecule has 11 heteroatoms. The summed E-state index contributed by atoms with van der Waals surface area (Å²) >= 11 is 1.67. The minimum Gasteiger partial charge on any atom is -0.494 e. The second kappa shape index (κ2) is 12.1. The number of amides is 2. The Morgan fingerprint density at radius 1 is 1.22 bits per heavy atom. The Kier molecular flexibility index (Phi) is 10.0. The van der Waals surface area contributed by atoms with Crippen LogP contribution in [-0.4, -0.2) is 48.3 Å². The van der Waals surface area contributed by atoms with Crippen LogP contribution >= 0.6 is 22.6 Å². The summed E-state index contributed by atoms with van der Waals surface area (Å²) in [6.45, 7) is 6.44. The minimum absolute atomic E-state index is 0.114. The van der Waals surface area contributed by atoms with E-state index in [1.807, 2.05) is 13.0 Å². The Bertz CT molecular complexity index is 766. The predicted molar refractivity (Wildman–Crippen MR) is 128 cm³/mol. The van der Waals surface area contributed by atoms with Gasteiger partial charge in [0.15, 0.2) is 3.68 Å². The van der Waals surface area contributed by atoms with Crippen molar-refractivity contribution in [1.29, 1.82) is 0 Å². The second-order valence-electron chi connectivity index (χ2n) is 7.76. The lowest BCUT2D eigenvalue weighted by Gasteiger charge is -2.32. The lowest BCUT2D eigenvalue weighted by molar-refractivity contribution is 0.0175. The molecule has 1 aliphatic rings. The zero-order valence-corrected chi connectivity index (χ0v) is 20.6. The first kappa shape index (κ1) is 26.7. The highest BCUT2D eigenvalue weighted by Crippen LogP contribution is 2.27. The molecular formula is C21H31F3IN5O2. The van der Waals surface area contributed by atoms with Crippen molar-refractivity contribution < 1.29 is 22.7 Å². The van der Waals surface area contributed by atoms with Crippen LogP contribution in [-0.2, 0) is 10.7 Å². The van der Waals surface area contributed by atoms with E-state index >= 15 is 0 Å². The van der Waals surface area contributed by atoms with Gasteiger partial charge in [-0.3, -0.25) is 10.6 Å². The van der Waals surface area contributed by atoms with E-state index in [-0.39, 0.29) is 18.3 Å². The number of carbonyl (C=O) groups excluding carboxylic acids is 1. The molecule has 1 aromatic carbocycles. The third-order valence-electron chi connectivity index (χ3n) is 4.52. The Balaban J connectivity index is 1.95. The van der Waals surface area contributed by atoms with Gasteiger partial charge in [-0.05, 0) is 54.3 Å². The molecule has 1 aromatic rings. The van der Waals surface area contributed by atoms with Gasteiger partial charge in [-0.2, -0.15) is 0 Å². The standard InChI is InChI=1S/C21H31F3IN5O2/c1-4-26-9-10-27-17-11-16(32-13-20(2,22)25)12-18(29-17)30-19(31)28-15-7-5-14(6-8-15)21(3,23)24/h5-8,11,17-18,26-27,29H,4,9-10,12-13H2,1-3H3,(H2,28,30,31). The number of alkyl halides is 4. The molecule has 1 aliphatic heterocycles. The first-order chi connectivity index (χ1) is 15.0. The summed E-state index contributed by atoms with van der Waals surface area (Å²) in [5.41, 5.74) is 0.252. The summed E-state index contributed by atoms with van der Waals surface area (Å²) in [5.74, 6) is -2.39. The average molecular weight is 569 g/mol. The summed E-state index contributed by atoms with van der Waals surface area (Å²) < 4.78 is 44.6. The van der Waals surface area contributed by atoms with Crippen molar-refractivity contribution in [2.45, 2.75) is 49.1 Å². The van der Waals surface area contributed by atoms with E-state index in [4.69, 9.17) is 4.74 Å². The van der Waals surface area contributed by atoms with E-state index in [0.29, 0.717) is 24.4 Å². The molecule has 0 aliphatic carbocycles. The number of carbonyl (C=O) groups is 1. The van der Waals surface area contributed by atoms with Gasteiger partial charge in [0.05, 0.1) is 18.1 Å². The van der Waals surface area contributed by atoms with E-state index in [1.54, 1.807) is 22.6 Å². The number of likely N-dealkylation sites (N-methyl/N-ethyl adjacent to an activating group) is 1. The molecule has 0 saturated heterocycles. The van der Waals surface area contributed by atoms with Crippen LogP contribution < -0.4 is 26.6 Å². The zero-order chi connectivity index (χ0) is 23.8. The van der Waals surface area contributed by atoms with Crippen molar-refractivity contribution in [3.05, 3.63) is 41.7 Å². The summed E-state index contributed by atoms with van der Waals surface area (Å²) in [6, 6.07) is 4.87. The van der Waals surface area contributed by atoms with Gasteiger partial charge in [0.25, 0.3) is 5.92 Å². The number of rotatable bonds is 11. The molecule has 3 unspecified atom stereocenters. The fourth-order valence-electron chi connectivity index (χ4n) is 2.98. The van der Waals surface area contributed by atoms with E-state index in [0.717, 1.165) is 20.0 Å². The first-order valence-corrected chi connectivity index (χ1v) is 11.5. The highest BCUT2D eigenvalue weighted by atomic mass is 127. The molecular weight excluding hydrogens is 538 g/mol. The Morgan fingerprint density at radius 3 is 2.50 bits per heavy atom. The molecule has 3 atom stereocenters. The number of hydrogen-bond acceptors (Lipinski definition) is 5. The third-order valence-corrected chi connectivity index (χ3v) is 4.83. The van der Waals surface area contributed by atoms with Crippen molar-refractivity contribution >= 4 is 34.3 Å². The Hall–Kier alpha value is -1.57. The average Bonchev–Trinajstić information content (AvgIpc) is 2.69. The maximum absolute atomic E-state index is 13.8. The Labute approximate surface area is 200 Å². The van der Waals surface area contributed by atoms with Gasteiger partial charge in [0, 0.05) is 37.7 Å². The van der Waals surface area contributed by atoms with Crippen molar-refractivity contribution in [2.75, 3.05) is 31.6 Å². The predicted octanol–water partition coefficient (Wildman–Crippen LogP) is 3.79. The highest BCUT2D eigenvalue weighted by molar-refractivity contribution is 14.1. The molecule has 0 radical (unpaired) electrons. The molecule has 5 N–H and O–H groups in total. The molecule has 1 heterocycles. The van der Waals surface area contributed by atoms with E-state index < -0.39 is 21.8 Å². The van der Waals surface area contributed by atoms with Crippen LogP contribution in [0, 0.1) is 0 Å². The smallest absolute Gasteiger partial charge is 0.320 e. The normalized spacial score (nSPS) is 20.8. The fraction of sp³-hybridized carbons (Fsp3) is 0.571. The molecule has 0 aromatic heterocycles. The number of hydrogen-bond donors (Lipinski definition) is 5. The summed E-state index contributed by atoms with van der Waals surface area (Å²) in [4.78, 5) is 12.4. The molecule has 2 rings (SSSR count). The number of ether oxygens (including phenoxy) is 1. The van der Waals surface area contributed by atoms with Crippen molar-refractivity contribution in [2.24, 2.45) is 0 Å². The van der Waals surface area contributed by atoms with E-state index in [9.17, 15) is 18.0 Å². The van der Waals surface area contributed by atoms with Crippen LogP contribution in [0.2, 0.25) is 0 Å². The van der Waals surface area contributed by atoms with Gasteiger partial charge < -0.3 is 20.7 Å². The third kappa shape index (κ3) is 9.92. The van der Waals surface area contributed by atoms with E-state index in [1.165, 1.54) is 31.2 Å². The molecule has 0 bridgehead atoms. The SMILES string of the molecule is CCNCCNC1C=C(OCC(C)(F)I)CC(NC(=O)Nc2ccc(C(C)(F)F)cc2)N1. The summed E-state index contributed by atoms with van der Waals surface area (Å²) in [5, 5.41) is 15.2.